The fourth-order valence-electron chi connectivity index (χ4n) is 2.06. The lowest BCUT2D eigenvalue weighted by Crippen LogP contribution is -2.30. The van der Waals surface area contributed by atoms with E-state index in [4.69, 9.17) is 4.74 Å². The first-order valence-electron chi connectivity index (χ1n) is 7.95. The van der Waals surface area contributed by atoms with Gasteiger partial charge < -0.3 is 10.1 Å². The molecule has 6 heteroatoms. The van der Waals surface area contributed by atoms with Crippen LogP contribution in [0, 0.1) is 0 Å². The predicted molar refractivity (Wildman–Crippen MR) is 96.6 cm³/mol. The van der Waals surface area contributed by atoms with Gasteiger partial charge in [-0.1, -0.05) is 44.2 Å². The van der Waals surface area contributed by atoms with E-state index in [2.05, 4.69) is 5.32 Å². The van der Waals surface area contributed by atoms with Gasteiger partial charge in [0.15, 0.2) is 0 Å². The van der Waals surface area contributed by atoms with Crippen LogP contribution < -0.4 is 5.32 Å². The first-order chi connectivity index (χ1) is 12.0. The molecule has 0 spiro atoms. The van der Waals surface area contributed by atoms with Crippen molar-refractivity contribution in [2.45, 2.75) is 30.6 Å². The van der Waals surface area contributed by atoms with Gasteiger partial charge in [-0.3, -0.25) is 13.8 Å². The van der Waals surface area contributed by atoms with Crippen LogP contribution in [0.25, 0.3) is 0 Å². The summed E-state index contributed by atoms with van der Waals surface area (Å²) in [5.41, 5.74) is 1.29. The summed E-state index contributed by atoms with van der Waals surface area (Å²) in [6.45, 7) is 3.71. The molecular weight excluding hydrogens is 338 g/mol. The molecule has 2 aromatic carbocycles. The van der Waals surface area contributed by atoms with Crippen molar-refractivity contribution in [3.05, 3.63) is 65.7 Å². The molecule has 0 saturated carbocycles. The molecule has 2 rings (SSSR count). The molecule has 0 aliphatic carbocycles. The maximum Gasteiger partial charge on any atom is 0.325 e. The maximum absolute atomic E-state index is 12.0. The number of amides is 1. The van der Waals surface area contributed by atoms with Crippen LogP contribution in [0.4, 0.5) is 0 Å². The maximum atomic E-state index is 12.0. The number of nitrogens with one attached hydrogen (secondary N) is 1. The van der Waals surface area contributed by atoms with E-state index < -0.39 is 16.8 Å². The summed E-state index contributed by atoms with van der Waals surface area (Å²) in [4.78, 5) is 24.4. The monoisotopic (exact) mass is 359 g/mol. The van der Waals surface area contributed by atoms with Gasteiger partial charge in [0.05, 0.1) is 10.8 Å². The van der Waals surface area contributed by atoms with Crippen molar-refractivity contribution in [1.82, 2.24) is 5.32 Å². The molecule has 2 aromatic rings. The zero-order valence-electron chi connectivity index (χ0n) is 14.2. The number of carbonyl (C=O) groups is 2. The van der Waals surface area contributed by atoms with Gasteiger partial charge in [-0.25, -0.2) is 0 Å². The minimum Gasteiger partial charge on any atom is -0.460 e. The van der Waals surface area contributed by atoms with Gasteiger partial charge in [0.2, 0.25) is 0 Å². The summed E-state index contributed by atoms with van der Waals surface area (Å²) >= 11 is 0. The fourth-order valence-corrected chi connectivity index (χ4v) is 3.00. The average Bonchev–Trinajstić information content (AvgIpc) is 2.64. The quantitative estimate of drug-likeness (QED) is 0.772. The van der Waals surface area contributed by atoms with Crippen LogP contribution in [0.15, 0.2) is 59.5 Å². The second-order valence-corrected chi connectivity index (χ2v) is 7.71. The molecule has 0 aliphatic heterocycles. The van der Waals surface area contributed by atoms with Crippen LogP contribution >= 0.6 is 0 Å². The van der Waals surface area contributed by atoms with E-state index >= 15 is 0 Å². The second-order valence-electron chi connectivity index (χ2n) is 5.70. The summed E-state index contributed by atoms with van der Waals surface area (Å²) in [6, 6.07) is 15.8. The molecule has 25 heavy (non-hydrogen) atoms. The molecule has 1 amide bonds. The summed E-state index contributed by atoms with van der Waals surface area (Å²) < 4.78 is 17.1. The normalized spacial score (nSPS) is 11.8. The largest absolute Gasteiger partial charge is 0.460 e. The third kappa shape index (κ3) is 5.83. The van der Waals surface area contributed by atoms with Gasteiger partial charge in [0.1, 0.15) is 13.2 Å². The summed E-state index contributed by atoms with van der Waals surface area (Å²) in [5, 5.41) is 2.53. The third-order valence-corrected chi connectivity index (χ3v) is 5.01. The number of ether oxygens (including phenoxy) is 1. The van der Waals surface area contributed by atoms with Crippen molar-refractivity contribution in [3.63, 3.8) is 0 Å². The Bertz CT molecular complexity index is 742. The second kappa shape index (κ2) is 9.13. The molecule has 0 fully saturated rings. The van der Waals surface area contributed by atoms with E-state index in [0.29, 0.717) is 10.5 Å². The number of rotatable bonds is 7. The van der Waals surface area contributed by atoms with Gasteiger partial charge >= 0.3 is 5.97 Å². The molecule has 0 radical (unpaired) electrons. The van der Waals surface area contributed by atoms with E-state index in [1.54, 1.807) is 24.3 Å². The molecule has 0 saturated heterocycles. The molecular formula is C19H21NO4S. The molecule has 1 atom stereocenters. The number of benzene rings is 2. The Morgan fingerprint density at radius 3 is 2.28 bits per heavy atom. The lowest BCUT2D eigenvalue weighted by atomic mass is 10.2. The Morgan fingerprint density at radius 1 is 1.04 bits per heavy atom. The standard InChI is InChI=1S/C19H21NO4S/c1-14(2)25(23)17-10-8-16(9-11-17)19(22)20-12-18(21)24-13-15-6-4-3-5-7-15/h3-11,14H,12-13H2,1-2H3,(H,20,22). The summed E-state index contributed by atoms with van der Waals surface area (Å²) in [7, 11) is -1.09. The van der Waals surface area contributed by atoms with Gasteiger partial charge in [0.25, 0.3) is 5.91 Å². The molecule has 132 valence electrons. The van der Waals surface area contributed by atoms with E-state index in [9.17, 15) is 13.8 Å². The summed E-state index contributed by atoms with van der Waals surface area (Å²) in [6.07, 6.45) is 0. The fraction of sp³-hybridized carbons (Fsp3) is 0.263. The van der Waals surface area contributed by atoms with E-state index in [-0.39, 0.29) is 24.3 Å². The Hall–Kier alpha value is -2.47. The minimum absolute atomic E-state index is 0.0130. The predicted octanol–water partition coefficient (Wildman–Crippen LogP) is 2.68. The molecule has 0 heterocycles. The van der Waals surface area contributed by atoms with Crippen LogP contribution in [0.2, 0.25) is 0 Å². The van der Waals surface area contributed by atoms with Crippen molar-refractivity contribution in [2.75, 3.05) is 6.54 Å². The average molecular weight is 359 g/mol. The number of hydrogen-bond acceptors (Lipinski definition) is 4. The summed E-state index contributed by atoms with van der Waals surface area (Å²) in [5.74, 6) is -0.881. The first-order valence-corrected chi connectivity index (χ1v) is 9.17. The van der Waals surface area contributed by atoms with Crippen molar-refractivity contribution in [3.8, 4) is 0 Å². The van der Waals surface area contributed by atoms with Crippen LogP contribution in [0.3, 0.4) is 0 Å². The number of carbonyl (C=O) groups excluding carboxylic acids is 2. The third-order valence-electron chi connectivity index (χ3n) is 3.41. The minimum atomic E-state index is -1.09. The SMILES string of the molecule is CC(C)S(=O)c1ccc(C(=O)NCC(=O)OCc2ccccc2)cc1. The van der Waals surface area contributed by atoms with E-state index in [1.165, 1.54) is 0 Å². The molecule has 0 bridgehead atoms. The number of esters is 1. The van der Waals surface area contributed by atoms with Crippen LogP contribution in [-0.4, -0.2) is 27.9 Å². The lowest BCUT2D eigenvalue weighted by Gasteiger charge is -2.08. The highest BCUT2D eigenvalue weighted by atomic mass is 32.2. The molecule has 0 aliphatic rings. The highest BCUT2D eigenvalue weighted by molar-refractivity contribution is 7.85. The number of hydrogen-bond donors (Lipinski definition) is 1. The van der Waals surface area contributed by atoms with Crippen LogP contribution in [-0.2, 0) is 26.9 Å². The lowest BCUT2D eigenvalue weighted by molar-refractivity contribution is -0.143. The van der Waals surface area contributed by atoms with E-state index in [1.807, 2.05) is 44.2 Å². The van der Waals surface area contributed by atoms with Gasteiger partial charge in [-0.15, -0.1) is 0 Å². The van der Waals surface area contributed by atoms with Gasteiger partial charge in [0, 0.05) is 15.7 Å². The van der Waals surface area contributed by atoms with Crippen molar-refractivity contribution >= 4 is 22.7 Å². The highest BCUT2D eigenvalue weighted by Crippen LogP contribution is 2.12. The van der Waals surface area contributed by atoms with Crippen molar-refractivity contribution < 1.29 is 18.5 Å². The molecule has 1 N–H and O–H groups in total. The molecule has 0 aromatic heterocycles. The zero-order chi connectivity index (χ0) is 18.2. The van der Waals surface area contributed by atoms with Crippen LogP contribution in [0.5, 0.6) is 0 Å². The van der Waals surface area contributed by atoms with Gasteiger partial charge in [-0.2, -0.15) is 0 Å². The van der Waals surface area contributed by atoms with Gasteiger partial charge in [-0.05, 0) is 29.8 Å². The Morgan fingerprint density at radius 2 is 1.68 bits per heavy atom. The smallest absolute Gasteiger partial charge is 0.325 e. The molecule has 1 unspecified atom stereocenters. The van der Waals surface area contributed by atoms with Crippen molar-refractivity contribution in [1.29, 1.82) is 0 Å². The Labute approximate surface area is 149 Å². The Kier molecular flexibility index (Phi) is 6.89. The van der Waals surface area contributed by atoms with Crippen LogP contribution in [0.1, 0.15) is 29.8 Å². The Balaban J connectivity index is 1.81. The van der Waals surface area contributed by atoms with Crippen molar-refractivity contribution in [2.24, 2.45) is 0 Å². The first kappa shape index (κ1) is 18.9. The highest BCUT2D eigenvalue weighted by Gasteiger charge is 2.12. The zero-order valence-corrected chi connectivity index (χ0v) is 15.0. The topological polar surface area (TPSA) is 72.5 Å². The van der Waals surface area contributed by atoms with E-state index in [0.717, 1.165) is 5.56 Å². The molecule has 5 nitrogen and oxygen atoms in total.